The molecule has 0 saturated carbocycles. The second-order valence-corrected chi connectivity index (χ2v) is 12.5. The number of halogens is 4. The molecule has 4 heterocycles. The quantitative estimate of drug-likeness (QED) is 0.268. The molecule has 0 aliphatic carbocycles. The van der Waals surface area contributed by atoms with Crippen LogP contribution < -0.4 is 14.8 Å². The predicted octanol–water partition coefficient (Wildman–Crippen LogP) is 5.06. The number of aryl methyl sites for hydroxylation is 1. The van der Waals surface area contributed by atoms with Gasteiger partial charge in [0.2, 0.25) is 0 Å². The standard InChI is InChI=1S/C26H30F4N6O3S2/c1-15-3-4-22(39-41(2,37)38)18-13-32-25(31-12-17(15)18)20-14-40-26(33-20)16-5-7-35(8-6-16)9-10-36-21(24(29)30)11-19(34-36)23(27)28/h3-4,9-11,14,16,23-25,31-32H,5-8,12-13H2,1-2H3. The predicted molar refractivity (Wildman–Crippen MR) is 146 cm³/mol. The van der Waals surface area contributed by atoms with Gasteiger partial charge < -0.3 is 9.08 Å². The number of fused-ring (bicyclic) bond motifs is 1. The van der Waals surface area contributed by atoms with Crippen LogP contribution in [0.25, 0.3) is 6.20 Å². The lowest BCUT2D eigenvalue weighted by Gasteiger charge is -2.30. The van der Waals surface area contributed by atoms with Gasteiger partial charge in [-0.25, -0.2) is 27.2 Å². The number of rotatable bonds is 8. The number of piperidine rings is 1. The zero-order chi connectivity index (χ0) is 29.3. The summed E-state index contributed by atoms with van der Waals surface area (Å²) in [6.45, 7) is 4.20. The van der Waals surface area contributed by atoms with Crippen molar-refractivity contribution in [3.8, 4) is 5.75 Å². The third-order valence-corrected chi connectivity index (χ3v) is 8.70. The van der Waals surface area contributed by atoms with Crippen LogP contribution in [0.15, 0.2) is 29.8 Å². The molecule has 2 N–H and O–H groups in total. The Bertz CT molecular complexity index is 1520. The number of aromatic nitrogens is 3. The van der Waals surface area contributed by atoms with Gasteiger partial charge in [-0.15, -0.1) is 11.3 Å². The molecule has 15 heteroatoms. The number of nitrogens with one attached hydrogen (secondary N) is 2. The van der Waals surface area contributed by atoms with Gasteiger partial charge in [-0.3, -0.25) is 10.6 Å². The van der Waals surface area contributed by atoms with Gasteiger partial charge in [0.1, 0.15) is 23.3 Å². The Hall–Kier alpha value is -3.01. The van der Waals surface area contributed by atoms with Gasteiger partial charge in [0.05, 0.1) is 17.0 Å². The molecule has 2 aliphatic rings. The molecule has 0 bridgehead atoms. The van der Waals surface area contributed by atoms with Gasteiger partial charge in [0.15, 0.2) is 0 Å². The molecular weight excluding hydrogens is 584 g/mol. The molecule has 1 unspecified atom stereocenters. The Kier molecular flexibility index (Phi) is 8.68. The van der Waals surface area contributed by atoms with Crippen LogP contribution in [0.5, 0.6) is 5.75 Å². The molecule has 0 spiro atoms. The minimum absolute atomic E-state index is 0.227. The normalized spacial score (nSPS) is 18.8. The maximum absolute atomic E-state index is 13.2. The van der Waals surface area contributed by atoms with Gasteiger partial charge in [-0.2, -0.15) is 13.5 Å². The highest BCUT2D eigenvalue weighted by atomic mass is 32.2. The monoisotopic (exact) mass is 614 g/mol. The summed E-state index contributed by atoms with van der Waals surface area (Å²) in [5.74, 6) is 0.542. The Labute approximate surface area is 239 Å². The van der Waals surface area contributed by atoms with Gasteiger partial charge in [-0.1, -0.05) is 6.07 Å². The lowest BCUT2D eigenvalue weighted by Crippen LogP contribution is -2.31. The molecule has 0 amide bonds. The Morgan fingerprint density at radius 2 is 1.78 bits per heavy atom. The Morgan fingerprint density at radius 1 is 1.07 bits per heavy atom. The van der Waals surface area contributed by atoms with Crippen LogP contribution in [0.1, 0.15) is 76.6 Å². The number of hydrogen-bond donors (Lipinski definition) is 2. The lowest BCUT2D eigenvalue weighted by atomic mass is 9.98. The molecule has 1 saturated heterocycles. The van der Waals surface area contributed by atoms with Crippen molar-refractivity contribution in [1.82, 2.24) is 30.3 Å². The van der Waals surface area contributed by atoms with E-state index >= 15 is 0 Å². The maximum Gasteiger partial charge on any atom is 0.306 e. The summed E-state index contributed by atoms with van der Waals surface area (Å²) < 4.78 is 81.8. The van der Waals surface area contributed by atoms with Crippen LogP contribution in [0, 0.1) is 6.92 Å². The van der Waals surface area contributed by atoms with Crippen molar-refractivity contribution >= 4 is 27.7 Å². The molecule has 1 fully saturated rings. The van der Waals surface area contributed by atoms with Gasteiger partial charge in [-0.05, 0) is 43.0 Å². The first-order chi connectivity index (χ1) is 19.5. The molecule has 5 rings (SSSR count). The van der Waals surface area contributed by atoms with Gasteiger partial charge in [0, 0.05) is 55.4 Å². The SMILES string of the molecule is Cc1ccc(OS(C)(=O)=O)c2c1CNC(c1csc(C3CCN(C=Cn4nc(C(F)F)cc4C(F)F)CC3)n1)NC2. The summed E-state index contributed by atoms with van der Waals surface area (Å²) in [6.07, 6.45) is -0.555. The van der Waals surface area contributed by atoms with Crippen molar-refractivity contribution in [2.45, 2.75) is 57.8 Å². The van der Waals surface area contributed by atoms with E-state index in [9.17, 15) is 26.0 Å². The zero-order valence-corrected chi connectivity index (χ0v) is 24.0. The molecule has 1 aromatic carbocycles. The molecule has 41 heavy (non-hydrogen) atoms. The van der Waals surface area contributed by atoms with E-state index in [1.165, 1.54) is 6.20 Å². The number of hydrogen-bond acceptors (Lipinski definition) is 9. The molecule has 1 atom stereocenters. The third kappa shape index (κ3) is 6.90. The summed E-state index contributed by atoms with van der Waals surface area (Å²) in [5.41, 5.74) is 2.41. The molecular formula is C26H30F4N6O3S2. The average molecular weight is 615 g/mol. The first-order valence-electron chi connectivity index (χ1n) is 13.0. The van der Waals surface area contributed by atoms with Crippen LogP contribution in [-0.4, -0.2) is 47.4 Å². The molecule has 0 radical (unpaired) electrons. The zero-order valence-electron chi connectivity index (χ0n) is 22.4. The number of nitrogens with zero attached hydrogens (tertiary/aromatic N) is 4. The number of benzene rings is 1. The van der Waals surface area contributed by atoms with Crippen molar-refractivity contribution in [2.75, 3.05) is 19.3 Å². The first kappa shape index (κ1) is 29.5. The van der Waals surface area contributed by atoms with E-state index in [-0.39, 0.29) is 12.1 Å². The summed E-state index contributed by atoms with van der Waals surface area (Å²) >= 11 is 1.58. The largest absolute Gasteiger partial charge is 0.382 e. The number of likely N-dealkylation sites (tertiary alicyclic amines) is 1. The highest BCUT2D eigenvalue weighted by molar-refractivity contribution is 7.86. The number of alkyl halides is 4. The fourth-order valence-corrected chi connectivity index (χ4v) is 6.55. The Morgan fingerprint density at radius 3 is 2.44 bits per heavy atom. The maximum atomic E-state index is 13.2. The highest BCUT2D eigenvalue weighted by Crippen LogP contribution is 2.34. The van der Waals surface area contributed by atoms with Crippen LogP contribution in [0.3, 0.4) is 0 Å². The lowest BCUT2D eigenvalue weighted by molar-refractivity contribution is 0.143. The van der Waals surface area contributed by atoms with E-state index in [0.717, 1.165) is 57.2 Å². The topological polar surface area (TPSA) is 101 Å². The second kappa shape index (κ2) is 12.1. The smallest absolute Gasteiger partial charge is 0.306 e. The van der Waals surface area contributed by atoms with Crippen LogP contribution >= 0.6 is 11.3 Å². The van der Waals surface area contributed by atoms with E-state index in [0.29, 0.717) is 31.9 Å². The molecule has 3 aromatic rings. The minimum Gasteiger partial charge on any atom is -0.382 e. The fraction of sp³-hybridized carbons (Fsp3) is 0.462. The Balaban J connectivity index is 1.20. The third-order valence-electron chi connectivity index (χ3n) is 7.19. The van der Waals surface area contributed by atoms with Crippen molar-refractivity contribution < 1.29 is 30.2 Å². The van der Waals surface area contributed by atoms with Crippen molar-refractivity contribution in [3.63, 3.8) is 0 Å². The van der Waals surface area contributed by atoms with E-state index in [1.807, 2.05) is 23.3 Å². The van der Waals surface area contributed by atoms with E-state index in [1.54, 1.807) is 23.6 Å². The van der Waals surface area contributed by atoms with Gasteiger partial charge >= 0.3 is 10.1 Å². The van der Waals surface area contributed by atoms with Crippen molar-refractivity contribution in [2.24, 2.45) is 0 Å². The molecule has 2 aromatic heterocycles. The number of thiazole rings is 1. The minimum atomic E-state index is -3.67. The summed E-state index contributed by atoms with van der Waals surface area (Å²) in [7, 11) is -3.67. The first-order valence-corrected chi connectivity index (χ1v) is 15.7. The van der Waals surface area contributed by atoms with Crippen LogP contribution in [0.4, 0.5) is 17.6 Å². The highest BCUT2D eigenvalue weighted by Gasteiger charge is 2.27. The van der Waals surface area contributed by atoms with Crippen molar-refractivity contribution in [3.05, 3.63) is 68.6 Å². The summed E-state index contributed by atoms with van der Waals surface area (Å²) in [6, 6.07) is 4.25. The molecule has 9 nitrogen and oxygen atoms in total. The molecule has 222 valence electrons. The summed E-state index contributed by atoms with van der Waals surface area (Å²) in [5, 5.41) is 13.5. The van der Waals surface area contributed by atoms with E-state index < -0.39 is 34.4 Å². The van der Waals surface area contributed by atoms with Crippen molar-refractivity contribution in [1.29, 1.82) is 0 Å². The van der Waals surface area contributed by atoms with Gasteiger partial charge in [0.25, 0.3) is 12.9 Å². The van der Waals surface area contributed by atoms with Crippen LogP contribution in [0.2, 0.25) is 0 Å². The summed E-state index contributed by atoms with van der Waals surface area (Å²) in [4.78, 5) is 6.85. The van der Waals surface area contributed by atoms with E-state index in [2.05, 4.69) is 15.7 Å². The van der Waals surface area contributed by atoms with Crippen LogP contribution in [-0.2, 0) is 23.2 Å². The second-order valence-electron chi connectivity index (χ2n) is 10.1. The fourth-order valence-electron chi connectivity index (χ4n) is 5.05. The average Bonchev–Trinajstić information content (AvgIpc) is 3.52. The molecule has 2 aliphatic heterocycles. The van der Waals surface area contributed by atoms with E-state index in [4.69, 9.17) is 9.17 Å².